The molecule has 0 rings (SSSR count). The van der Waals surface area contributed by atoms with E-state index in [1.807, 2.05) is 6.92 Å². The molecule has 0 aromatic heterocycles. The molecule has 0 bridgehead atoms. The predicted octanol–water partition coefficient (Wildman–Crippen LogP) is -1.71. The summed E-state index contributed by atoms with van der Waals surface area (Å²) in [5.41, 5.74) is 0. The van der Waals surface area contributed by atoms with Crippen LogP contribution in [0.5, 0.6) is 0 Å². The normalized spacial score (nSPS) is 9.79. The Bertz CT molecular complexity index is 252. The average Bonchev–Trinajstić information content (AvgIpc) is 2.32. The number of halogens is 1. The number of hydrogen-bond donors (Lipinski definition) is 0. The number of amides is 1. The van der Waals surface area contributed by atoms with Crippen LogP contribution in [0.25, 0.3) is 0 Å². The quantitative estimate of drug-likeness (QED) is 0.335. The van der Waals surface area contributed by atoms with Gasteiger partial charge in [0, 0.05) is 13.0 Å². The largest absolute Gasteiger partial charge is 1.00 e. The zero-order chi connectivity index (χ0) is 13.8. The van der Waals surface area contributed by atoms with Crippen LogP contribution in [0.2, 0.25) is 0 Å². The maximum atomic E-state index is 11.8. The van der Waals surface area contributed by atoms with Crippen LogP contribution >= 0.6 is 0 Å². The summed E-state index contributed by atoms with van der Waals surface area (Å²) < 4.78 is 11.8. The number of unbranched alkanes of at least 4 members (excludes halogenated alkanes) is 4. The van der Waals surface area contributed by atoms with Crippen molar-refractivity contribution in [2.45, 2.75) is 51.9 Å². The minimum atomic E-state index is -1.22. The third-order valence-corrected chi connectivity index (χ3v) is 2.69. The van der Waals surface area contributed by atoms with E-state index in [-0.39, 0.29) is 48.7 Å². The van der Waals surface area contributed by atoms with Crippen LogP contribution in [0.4, 0.5) is 4.39 Å². The van der Waals surface area contributed by atoms with E-state index >= 15 is 0 Å². The molecule has 0 atom stereocenters. The Balaban J connectivity index is 0. The summed E-state index contributed by atoms with van der Waals surface area (Å²) in [5, 5.41) is 10.5. The van der Waals surface area contributed by atoms with Crippen LogP contribution in [0, 0.1) is 0 Å². The Morgan fingerprint density at radius 2 is 1.68 bits per heavy atom. The number of carbonyl (C=O) groups excluding carboxylic acids is 2. The van der Waals surface area contributed by atoms with Gasteiger partial charge in [-0.2, -0.15) is 0 Å². The maximum Gasteiger partial charge on any atom is 1.00 e. The summed E-state index contributed by atoms with van der Waals surface area (Å²) in [6, 6.07) is 0. The van der Waals surface area contributed by atoms with Crippen LogP contribution in [0.1, 0.15) is 51.9 Å². The van der Waals surface area contributed by atoms with Crippen molar-refractivity contribution in [1.82, 2.24) is 4.90 Å². The molecule has 1 amide bonds. The van der Waals surface area contributed by atoms with E-state index in [1.54, 1.807) is 0 Å². The van der Waals surface area contributed by atoms with Gasteiger partial charge < -0.3 is 14.8 Å². The molecular weight excluding hydrogens is 260 g/mol. The number of carboxylic acids is 1. The molecule has 0 unspecified atom stereocenters. The van der Waals surface area contributed by atoms with E-state index in [9.17, 15) is 19.1 Å². The Labute approximate surface area is 137 Å². The fourth-order valence-electron chi connectivity index (χ4n) is 1.78. The van der Waals surface area contributed by atoms with Crippen LogP contribution < -0.4 is 34.7 Å². The van der Waals surface area contributed by atoms with E-state index in [1.165, 1.54) is 4.90 Å². The molecule has 0 N–H and O–H groups in total. The van der Waals surface area contributed by atoms with E-state index in [0.717, 1.165) is 32.1 Å². The van der Waals surface area contributed by atoms with Crippen LogP contribution in [-0.2, 0) is 9.59 Å². The summed E-state index contributed by atoms with van der Waals surface area (Å²) in [5.74, 6) is -1.36. The van der Waals surface area contributed by atoms with Crippen molar-refractivity contribution in [2.75, 3.05) is 19.8 Å². The van der Waals surface area contributed by atoms with Crippen molar-refractivity contribution >= 4 is 11.9 Å². The topological polar surface area (TPSA) is 60.4 Å². The molecular formula is C13H23FNNaO3. The summed E-state index contributed by atoms with van der Waals surface area (Å²) in [4.78, 5) is 23.6. The second-order valence-corrected chi connectivity index (χ2v) is 4.39. The molecule has 0 aromatic carbocycles. The zero-order valence-electron chi connectivity index (χ0n) is 12.1. The Kier molecular flexibility index (Phi) is 15.9. The third-order valence-electron chi connectivity index (χ3n) is 2.69. The first-order chi connectivity index (χ1) is 8.61. The van der Waals surface area contributed by atoms with Gasteiger partial charge in [-0.05, 0) is 19.3 Å². The molecule has 0 radical (unpaired) electrons. The van der Waals surface area contributed by atoms with Gasteiger partial charge in [0.2, 0.25) is 5.91 Å². The van der Waals surface area contributed by atoms with Gasteiger partial charge in [0.25, 0.3) is 0 Å². The summed E-state index contributed by atoms with van der Waals surface area (Å²) in [7, 11) is 0. The number of carboxylic acid groups (broad SMARTS) is 1. The molecule has 0 aliphatic carbocycles. The fraction of sp³-hybridized carbons (Fsp3) is 0.846. The van der Waals surface area contributed by atoms with Crippen molar-refractivity contribution < 1.29 is 48.6 Å². The monoisotopic (exact) mass is 283 g/mol. The molecule has 19 heavy (non-hydrogen) atoms. The smallest absolute Gasteiger partial charge is 0.548 e. The molecule has 106 valence electrons. The van der Waals surface area contributed by atoms with Gasteiger partial charge >= 0.3 is 29.6 Å². The third kappa shape index (κ3) is 12.6. The van der Waals surface area contributed by atoms with Crippen molar-refractivity contribution in [3.8, 4) is 0 Å². The van der Waals surface area contributed by atoms with Crippen molar-refractivity contribution in [1.29, 1.82) is 0 Å². The molecule has 0 saturated heterocycles. The minimum absolute atomic E-state index is 0. The van der Waals surface area contributed by atoms with Gasteiger partial charge in [-0.25, -0.2) is 0 Å². The van der Waals surface area contributed by atoms with Crippen LogP contribution in [0.3, 0.4) is 0 Å². The molecule has 4 nitrogen and oxygen atoms in total. The number of nitrogens with zero attached hydrogens (tertiary/aromatic N) is 1. The minimum Gasteiger partial charge on any atom is -0.548 e. The number of alkyl halides is 1. The van der Waals surface area contributed by atoms with Crippen molar-refractivity contribution in [3.63, 3.8) is 0 Å². The molecule has 0 heterocycles. The predicted molar refractivity (Wildman–Crippen MR) is 65.6 cm³/mol. The van der Waals surface area contributed by atoms with E-state index in [0.29, 0.717) is 19.4 Å². The maximum absolute atomic E-state index is 11.8. The van der Waals surface area contributed by atoms with Gasteiger partial charge in [0.05, 0.1) is 19.2 Å². The van der Waals surface area contributed by atoms with E-state index in [2.05, 4.69) is 0 Å². The van der Waals surface area contributed by atoms with Gasteiger partial charge in [0.15, 0.2) is 0 Å². The summed E-state index contributed by atoms with van der Waals surface area (Å²) in [6.45, 7) is 1.74. The van der Waals surface area contributed by atoms with Crippen LogP contribution in [-0.4, -0.2) is 36.5 Å². The molecule has 0 aliphatic heterocycles. The Morgan fingerprint density at radius 3 is 2.21 bits per heavy atom. The standard InChI is InChI=1S/C13H24FNO3.Na/c1-2-10-15(11-13(17)18)12(16)8-6-4-3-5-7-9-14;/h2-11H2,1H3,(H,17,18);/q;+1/p-1. The average molecular weight is 283 g/mol. The summed E-state index contributed by atoms with van der Waals surface area (Å²) >= 11 is 0. The van der Waals surface area contributed by atoms with Crippen LogP contribution in [0.15, 0.2) is 0 Å². The molecule has 6 heteroatoms. The SMILES string of the molecule is CCCN(CC(=O)[O-])C(=O)CCCCCCCF.[Na+]. The molecule has 0 spiro atoms. The Morgan fingerprint density at radius 1 is 1.11 bits per heavy atom. The fourth-order valence-corrected chi connectivity index (χ4v) is 1.78. The molecule has 0 fully saturated rings. The second kappa shape index (κ2) is 14.3. The number of carbonyl (C=O) groups is 2. The van der Waals surface area contributed by atoms with Gasteiger partial charge in [-0.3, -0.25) is 9.18 Å². The molecule has 0 aromatic rings. The Hall–Kier alpha value is -0.130. The van der Waals surface area contributed by atoms with Gasteiger partial charge in [-0.1, -0.05) is 26.2 Å². The van der Waals surface area contributed by atoms with E-state index in [4.69, 9.17) is 0 Å². The summed E-state index contributed by atoms with van der Waals surface area (Å²) in [6.07, 6.45) is 5.07. The number of aliphatic carboxylic acids is 1. The number of rotatable bonds is 11. The molecule has 0 aliphatic rings. The first-order valence-corrected chi connectivity index (χ1v) is 6.65. The van der Waals surface area contributed by atoms with Gasteiger partial charge in [-0.15, -0.1) is 0 Å². The number of hydrogen-bond acceptors (Lipinski definition) is 3. The first-order valence-electron chi connectivity index (χ1n) is 6.65. The molecule has 0 saturated carbocycles. The second-order valence-electron chi connectivity index (χ2n) is 4.39. The van der Waals surface area contributed by atoms with Crippen molar-refractivity contribution in [2.24, 2.45) is 0 Å². The van der Waals surface area contributed by atoms with E-state index < -0.39 is 5.97 Å². The zero-order valence-corrected chi connectivity index (χ0v) is 14.1. The van der Waals surface area contributed by atoms with Crippen molar-refractivity contribution in [3.05, 3.63) is 0 Å². The first kappa shape index (κ1) is 21.2. The van der Waals surface area contributed by atoms with Gasteiger partial charge in [0.1, 0.15) is 0 Å².